The van der Waals surface area contributed by atoms with Gasteiger partial charge < -0.3 is 9.72 Å². The van der Waals surface area contributed by atoms with Gasteiger partial charge in [-0.3, -0.25) is 4.79 Å². The van der Waals surface area contributed by atoms with Gasteiger partial charge in [0, 0.05) is 22.7 Å². The summed E-state index contributed by atoms with van der Waals surface area (Å²) in [5.74, 6) is -0.458. The maximum Gasteiger partial charge on any atom is 0.309 e. The van der Waals surface area contributed by atoms with E-state index in [0.29, 0.717) is 11.8 Å². The molecule has 1 atom stereocenters. The number of fused-ring (bicyclic) bond motifs is 1. The molecule has 0 radical (unpaired) electrons. The van der Waals surface area contributed by atoms with E-state index in [1.807, 2.05) is 39.1 Å². The predicted molar refractivity (Wildman–Crippen MR) is 89.4 cm³/mol. The number of hydrogen-bond donors (Lipinski definition) is 1. The van der Waals surface area contributed by atoms with Crippen LogP contribution in [0, 0.1) is 11.7 Å². The second kappa shape index (κ2) is 5.84. The van der Waals surface area contributed by atoms with E-state index in [-0.39, 0.29) is 17.7 Å². The number of hydrogen-bond acceptors (Lipinski definition) is 2. The largest absolute Gasteiger partial charge is 0.460 e. The van der Waals surface area contributed by atoms with Crippen molar-refractivity contribution in [2.75, 3.05) is 0 Å². The normalized spacial score (nSPS) is 18.8. The average Bonchev–Trinajstić information content (AvgIpc) is 2.91. The maximum atomic E-state index is 14.1. The van der Waals surface area contributed by atoms with Crippen molar-refractivity contribution in [3.8, 4) is 0 Å². The summed E-state index contributed by atoms with van der Waals surface area (Å²) in [6, 6.07) is 5.05. The summed E-state index contributed by atoms with van der Waals surface area (Å²) in [5, 5.41) is 0.634. The van der Waals surface area contributed by atoms with Gasteiger partial charge in [0.05, 0.1) is 5.92 Å². The Morgan fingerprint density at radius 3 is 2.78 bits per heavy atom. The SMILES string of the molecule is CC(C)(C)OC(=O)C1CC=C(c2c[nH]c3cccc(F)c23)CC1. The lowest BCUT2D eigenvalue weighted by Crippen LogP contribution is -2.29. The molecule has 0 saturated carbocycles. The number of esters is 1. The van der Waals surface area contributed by atoms with Crippen LogP contribution in [-0.2, 0) is 9.53 Å². The number of halogens is 1. The number of allylic oxidation sites excluding steroid dienone is 2. The fourth-order valence-corrected chi connectivity index (χ4v) is 3.07. The Labute approximate surface area is 135 Å². The average molecular weight is 315 g/mol. The highest BCUT2D eigenvalue weighted by molar-refractivity contribution is 5.93. The lowest BCUT2D eigenvalue weighted by molar-refractivity contribution is -0.160. The van der Waals surface area contributed by atoms with E-state index in [1.54, 1.807) is 6.07 Å². The predicted octanol–water partition coefficient (Wildman–Crippen LogP) is 4.83. The zero-order valence-corrected chi connectivity index (χ0v) is 13.8. The number of rotatable bonds is 2. The van der Waals surface area contributed by atoms with Crippen LogP contribution in [-0.4, -0.2) is 16.6 Å². The van der Waals surface area contributed by atoms with Crippen LogP contribution in [0.15, 0.2) is 30.5 Å². The number of aromatic nitrogens is 1. The fourth-order valence-electron chi connectivity index (χ4n) is 3.07. The van der Waals surface area contributed by atoms with Gasteiger partial charge in [0.1, 0.15) is 11.4 Å². The zero-order valence-electron chi connectivity index (χ0n) is 13.8. The third-order valence-electron chi connectivity index (χ3n) is 4.15. The lowest BCUT2D eigenvalue weighted by Gasteiger charge is -2.26. The maximum absolute atomic E-state index is 14.1. The van der Waals surface area contributed by atoms with Crippen molar-refractivity contribution in [2.45, 2.75) is 45.6 Å². The van der Waals surface area contributed by atoms with E-state index in [0.717, 1.165) is 29.5 Å². The second-order valence-electron chi connectivity index (χ2n) is 7.10. The molecule has 3 rings (SSSR count). The molecule has 0 aliphatic heterocycles. The van der Waals surface area contributed by atoms with Gasteiger partial charge >= 0.3 is 5.97 Å². The van der Waals surface area contributed by atoms with Gasteiger partial charge in [-0.1, -0.05) is 12.1 Å². The smallest absolute Gasteiger partial charge is 0.309 e. The summed E-state index contributed by atoms with van der Waals surface area (Å²) in [6.07, 6.45) is 6.04. The molecule has 1 aliphatic rings. The minimum absolute atomic E-state index is 0.104. The molecule has 0 spiro atoms. The molecular formula is C19H22FNO2. The Morgan fingerprint density at radius 1 is 1.35 bits per heavy atom. The molecule has 23 heavy (non-hydrogen) atoms. The number of carbonyl (C=O) groups is 1. The molecule has 3 nitrogen and oxygen atoms in total. The summed E-state index contributed by atoms with van der Waals surface area (Å²) in [5.41, 5.74) is 2.35. The number of aromatic amines is 1. The number of benzene rings is 1. The highest BCUT2D eigenvalue weighted by Crippen LogP contribution is 2.35. The van der Waals surface area contributed by atoms with Gasteiger partial charge in [-0.25, -0.2) is 4.39 Å². The molecule has 0 bridgehead atoms. The van der Waals surface area contributed by atoms with Crippen molar-refractivity contribution in [1.29, 1.82) is 0 Å². The fraction of sp³-hybridized carbons (Fsp3) is 0.421. The minimum atomic E-state index is -0.457. The molecule has 1 N–H and O–H groups in total. The van der Waals surface area contributed by atoms with Crippen LogP contribution in [0.1, 0.15) is 45.6 Å². The standard InChI is InChI=1S/C19H22FNO2/c1-19(2,3)23-18(22)13-9-7-12(8-10-13)14-11-21-16-6-4-5-15(20)17(14)16/h4-7,11,13,21H,8-10H2,1-3H3. The van der Waals surface area contributed by atoms with Crippen LogP contribution < -0.4 is 0 Å². The zero-order chi connectivity index (χ0) is 16.6. The molecule has 0 fully saturated rings. The Bertz CT molecular complexity index is 767. The molecule has 2 aromatic rings. The van der Waals surface area contributed by atoms with E-state index < -0.39 is 5.60 Å². The first-order chi connectivity index (χ1) is 10.8. The number of carbonyl (C=O) groups excluding carboxylic acids is 1. The third kappa shape index (κ3) is 3.31. The van der Waals surface area contributed by atoms with Gasteiger partial charge in [0.25, 0.3) is 0 Å². The van der Waals surface area contributed by atoms with Crippen LogP contribution in [0.3, 0.4) is 0 Å². The highest BCUT2D eigenvalue weighted by atomic mass is 19.1. The number of nitrogens with one attached hydrogen (secondary N) is 1. The Balaban J connectivity index is 1.80. The first kappa shape index (κ1) is 15.8. The van der Waals surface area contributed by atoms with E-state index in [1.165, 1.54) is 6.07 Å². The molecule has 122 valence electrons. The molecule has 1 aliphatic carbocycles. The van der Waals surface area contributed by atoms with Crippen molar-refractivity contribution in [2.24, 2.45) is 5.92 Å². The van der Waals surface area contributed by atoms with Crippen molar-refractivity contribution < 1.29 is 13.9 Å². The van der Waals surface area contributed by atoms with Crippen LogP contribution in [0.2, 0.25) is 0 Å². The third-order valence-corrected chi connectivity index (χ3v) is 4.15. The number of H-pyrrole nitrogens is 1. The van der Waals surface area contributed by atoms with E-state index in [4.69, 9.17) is 4.74 Å². The van der Waals surface area contributed by atoms with Crippen LogP contribution in [0.25, 0.3) is 16.5 Å². The summed E-state index contributed by atoms with van der Waals surface area (Å²) in [4.78, 5) is 15.3. The monoisotopic (exact) mass is 315 g/mol. The molecule has 1 aromatic heterocycles. The first-order valence-corrected chi connectivity index (χ1v) is 8.03. The van der Waals surface area contributed by atoms with Gasteiger partial charge in [-0.05, 0) is 57.7 Å². The summed E-state index contributed by atoms with van der Waals surface area (Å²) < 4.78 is 19.6. The molecule has 1 aromatic carbocycles. The van der Waals surface area contributed by atoms with Crippen molar-refractivity contribution in [1.82, 2.24) is 4.98 Å². The molecule has 0 amide bonds. The van der Waals surface area contributed by atoms with Gasteiger partial charge in [0.2, 0.25) is 0 Å². The summed E-state index contributed by atoms with van der Waals surface area (Å²) in [6.45, 7) is 5.64. The Morgan fingerprint density at radius 2 is 2.13 bits per heavy atom. The molecule has 4 heteroatoms. The lowest BCUT2D eigenvalue weighted by atomic mass is 9.86. The highest BCUT2D eigenvalue weighted by Gasteiger charge is 2.27. The minimum Gasteiger partial charge on any atom is -0.460 e. The number of ether oxygens (including phenoxy) is 1. The quantitative estimate of drug-likeness (QED) is 0.806. The Hall–Kier alpha value is -2.10. The molecule has 1 unspecified atom stereocenters. The van der Waals surface area contributed by atoms with E-state index >= 15 is 0 Å². The summed E-state index contributed by atoms with van der Waals surface area (Å²) in [7, 11) is 0. The van der Waals surface area contributed by atoms with Crippen LogP contribution in [0.5, 0.6) is 0 Å². The van der Waals surface area contributed by atoms with Crippen molar-refractivity contribution in [3.05, 3.63) is 41.9 Å². The van der Waals surface area contributed by atoms with Gasteiger partial charge in [-0.15, -0.1) is 0 Å². The molecule has 1 heterocycles. The van der Waals surface area contributed by atoms with Crippen LogP contribution >= 0.6 is 0 Å². The van der Waals surface area contributed by atoms with Crippen molar-refractivity contribution in [3.63, 3.8) is 0 Å². The van der Waals surface area contributed by atoms with Gasteiger partial charge in [0.15, 0.2) is 0 Å². The van der Waals surface area contributed by atoms with Gasteiger partial charge in [-0.2, -0.15) is 0 Å². The van der Waals surface area contributed by atoms with E-state index in [2.05, 4.69) is 4.98 Å². The topological polar surface area (TPSA) is 42.1 Å². The Kier molecular flexibility index (Phi) is 4.00. The van der Waals surface area contributed by atoms with E-state index in [9.17, 15) is 9.18 Å². The summed E-state index contributed by atoms with van der Waals surface area (Å²) >= 11 is 0. The van der Waals surface area contributed by atoms with Crippen LogP contribution in [0.4, 0.5) is 4.39 Å². The van der Waals surface area contributed by atoms with Crippen molar-refractivity contribution >= 4 is 22.4 Å². The molecular weight excluding hydrogens is 293 g/mol. The molecule has 0 saturated heterocycles. The second-order valence-corrected chi connectivity index (χ2v) is 7.10. The first-order valence-electron chi connectivity index (χ1n) is 8.03.